The fraction of sp³-hybridized carbons (Fsp3) is 0.350. The van der Waals surface area contributed by atoms with E-state index in [2.05, 4.69) is 30.1 Å². The summed E-state index contributed by atoms with van der Waals surface area (Å²) in [6.45, 7) is 9.16. The van der Waals surface area contributed by atoms with Crippen LogP contribution in [0.4, 0.5) is 16.2 Å². The van der Waals surface area contributed by atoms with Gasteiger partial charge in [-0.2, -0.15) is 0 Å². The third kappa shape index (κ3) is 4.07. The molecule has 4 nitrogen and oxygen atoms in total. The number of nitrogens with one attached hydrogen (secondary N) is 1. The van der Waals surface area contributed by atoms with Gasteiger partial charge in [-0.1, -0.05) is 35.4 Å². The molecule has 0 aromatic heterocycles. The van der Waals surface area contributed by atoms with Crippen molar-refractivity contribution in [3.8, 4) is 0 Å². The first-order chi connectivity index (χ1) is 11.9. The third-order valence-electron chi connectivity index (χ3n) is 4.70. The summed E-state index contributed by atoms with van der Waals surface area (Å²) in [5.74, 6) is 0. The first kappa shape index (κ1) is 17.6. The highest BCUT2D eigenvalue weighted by Crippen LogP contribution is 2.25. The summed E-state index contributed by atoms with van der Waals surface area (Å²) in [5.41, 5.74) is 5.52. The number of rotatable bonds is 2. The molecular formula is C20H24ClN3O. The highest BCUT2D eigenvalue weighted by molar-refractivity contribution is 6.30. The van der Waals surface area contributed by atoms with Crippen molar-refractivity contribution in [3.63, 3.8) is 0 Å². The van der Waals surface area contributed by atoms with E-state index in [0.29, 0.717) is 13.1 Å². The van der Waals surface area contributed by atoms with Gasteiger partial charge in [-0.25, -0.2) is 4.79 Å². The van der Waals surface area contributed by atoms with E-state index >= 15 is 0 Å². The third-order valence-corrected chi connectivity index (χ3v) is 4.94. The average molecular weight is 358 g/mol. The van der Waals surface area contributed by atoms with Crippen molar-refractivity contribution in [2.45, 2.75) is 20.8 Å². The molecule has 2 aromatic carbocycles. The summed E-state index contributed by atoms with van der Waals surface area (Å²) in [6.07, 6.45) is 0. The molecule has 0 unspecified atom stereocenters. The molecule has 2 amide bonds. The smallest absolute Gasteiger partial charge is 0.321 e. The van der Waals surface area contributed by atoms with Crippen molar-refractivity contribution >= 4 is 29.0 Å². The Kier molecular flexibility index (Phi) is 5.19. The molecule has 132 valence electrons. The number of aryl methyl sites for hydroxylation is 3. The van der Waals surface area contributed by atoms with Crippen molar-refractivity contribution in [3.05, 3.63) is 58.1 Å². The minimum absolute atomic E-state index is 0.0329. The predicted molar refractivity (Wildman–Crippen MR) is 105 cm³/mol. The van der Waals surface area contributed by atoms with E-state index in [1.54, 1.807) is 0 Å². The first-order valence-corrected chi connectivity index (χ1v) is 8.96. The topological polar surface area (TPSA) is 35.6 Å². The van der Waals surface area contributed by atoms with Crippen LogP contribution in [0.25, 0.3) is 0 Å². The van der Waals surface area contributed by atoms with Crippen molar-refractivity contribution in [2.75, 3.05) is 36.4 Å². The van der Waals surface area contributed by atoms with Gasteiger partial charge in [-0.15, -0.1) is 0 Å². The van der Waals surface area contributed by atoms with Gasteiger partial charge in [0.25, 0.3) is 0 Å². The van der Waals surface area contributed by atoms with E-state index in [1.807, 2.05) is 42.2 Å². The number of nitrogens with zero attached hydrogens (tertiary/aromatic N) is 2. The van der Waals surface area contributed by atoms with E-state index in [4.69, 9.17) is 11.6 Å². The molecule has 0 aliphatic carbocycles. The standard InChI is InChI=1S/C20H24ClN3O/c1-14-4-7-18(16(3)12-14)22-20(25)24-10-8-23(9-11-24)19-13-17(21)6-5-15(19)2/h4-7,12-13H,8-11H2,1-3H3,(H,22,25). The lowest BCUT2D eigenvalue weighted by Gasteiger charge is -2.36. The Balaban J connectivity index is 1.62. The molecule has 0 atom stereocenters. The minimum Gasteiger partial charge on any atom is -0.368 e. The number of hydrogen-bond acceptors (Lipinski definition) is 2. The van der Waals surface area contributed by atoms with Gasteiger partial charge in [0.15, 0.2) is 0 Å². The summed E-state index contributed by atoms with van der Waals surface area (Å²) >= 11 is 6.13. The molecule has 1 saturated heterocycles. The maximum absolute atomic E-state index is 12.5. The maximum atomic E-state index is 12.5. The fourth-order valence-corrected chi connectivity index (χ4v) is 3.39. The number of piperazine rings is 1. The van der Waals surface area contributed by atoms with Crippen molar-refractivity contribution < 1.29 is 4.79 Å². The maximum Gasteiger partial charge on any atom is 0.321 e. The molecule has 5 heteroatoms. The van der Waals surface area contributed by atoms with Crippen LogP contribution in [0, 0.1) is 20.8 Å². The van der Waals surface area contributed by atoms with Gasteiger partial charge < -0.3 is 15.1 Å². The summed E-state index contributed by atoms with van der Waals surface area (Å²) in [7, 11) is 0. The number of hydrogen-bond donors (Lipinski definition) is 1. The SMILES string of the molecule is Cc1ccc(NC(=O)N2CCN(c3cc(Cl)ccc3C)CC2)c(C)c1. The lowest BCUT2D eigenvalue weighted by atomic mass is 10.1. The zero-order valence-corrected chi connectivity index (χ0v) is 15.7. The Morgan fingerprint density at radius 1 is 0.960 bits per heavy atom. The van der Waals surface area contributed by atoms with Crippen LogP contribution in [0.15, 0.2) is 36.4 Å². The molecule has 1 aliphatic rings. The average Bonchev–Trinajstić information content (AvgIpc) is 2.59. The molecule has 1 fully saturated rings. The first-order valence-electron chi connectivity index (χ1n) is 8.58. The van der Waals surface area contributed by atoms with Gasteiger partial charge in [0.05, 0.1) is 0 Å². The van der Waals surface area contributed by atoms with E-state index in [9.17, 15) is 4.79 Å². The second-order valence-corrected chi connectivity index (χ2v) is 7.09. The molecule has 1 aliphatic heterocycles. The van der Waals surface area contributed by atoms with Gasteiger partial charge >= 0.3 is 6.03 Å². The Labute approximate surface area is 154 Å². The number of carbonyl (C=O) groups is 1. The van der Waals surface area contributed by atoms with Gasteiger partial charge in [-0.3, -0.25) is 0 Å². The van der Waals surface area contributed by atoms with Crippen LogP contribution < -0.4 is 10.2 Å². The quantitative estimate of drug-likeness (QED) is 0.851. The van der Waals surface area contributed by atoms with Gasteiger partial charge in [-0.05, 0) is 50.1 Å². The zero-order chi connectivity index (χ0) is 18.0. The van der Waals surface area contributed by atoms with Gasteiger partial charge in [0.1, 0.15) is 0 Å². The van der Waals surface area contributed by atoms with Crippen LogP contribution in [0.2, 0.25) is 5.02 Å². The second-order valence-electron chi connectivity index (χ2n) is 6.65. The molecule has 1 N–H and O–H groups in total. The number of amides is 2. The van der Waals surface area contributed by atoms with E-state index < -0.39 is 0 Å². The van der Waals surface area contributed by atoms with E-state index in [-0.39, 0.29) is 6.03 Å². The zero-order valence-electron chi connectivity index (χ0n) is 15.0. The van der Waals surface area contributed by atoms with Crippen LogP contribution >= 0.6 is 11.6 Å². The van der Waals surface area contributed by atoms with Gasteiger partial charge in [0.2, 0.25) is 0 Å². The number of carbonyl (C=O) groups excluding carboxylic acids is 1. The molecule has 2 aromatic rings. The molecule has 1 heterocycles. The van der Waals surface area contributed by atoms with E-state index in [0.717, 1.165) is 35.1 Å². The van der Waals surface area contributed by atoms with Crippen LogP contribution in [-0.4, -0.2) is 37.1 Å². The normalized spacial score (nSPS) is 14.6. The summed E-state index contributed by atoms with van der Waals surface area (Å²) in [6, 6.07) is 12.0. The minimum atomic E-state index is -0.0329. The number of anilines is 2. The summed E-state index contributed by atoms with van der Waals surface area (Å²) in [5, 5.41) is 3.78. The lowest BCUT2D eigenvalue weighted by molar-refractivity contribution is 0.208. The van der Waals surface area contributed by atoms with Crippen LogP contribution in [0.3, 0.4) is 0 Å². The highest BCUT2D eigenvalue weighted by atomic mass is 35.5. The Morgan fingerprint density at radius 2 is 1.68 bits per heavy atom. The van der Waals surface area contributed by atoms with Crippen molar-refractivity contribution in [2.24, 2.45) is 0 Å². The highest BCUT2D eigenvalue weighted by Gasteiger charge is 2.22. The molecule has 3 rings (SSSR count). The second kappa shape index (κ2) is 7.36. The van der Waals surface area contributed by atoms with Crippen LogP contribution in [-0.2, 0) is 0 Å². The molecular weight excluding hydrogens is 334 g/mol. The van der Waals surface area contributed by atoms with Gasteiger partial charge in [0, 0.05) is 42.6 Å². The van der Waals surface area contributed by atoms with Crippen LogP contribution in [0.5, 0.6) is 0 Å². The number of urea groups is 1. The number of halogens is 1. The molecule has 0 bridgehead atoms. The summed E-state index contributed by atoms with van der Waals surface area (Å²) < 4.78 is 0. The largest absolute Gasteiger partial charge is 0.368 e. The lowest BCUT2D eigenvalue weighted by Crippen LogP contribution is -2.50. The monoisotopic (exact) mass is 357 g/mol. The van der Waals surface area contributed by atoms with Crippen molar-refractivity contribution in [1.29, 1.82) is 0 Å². The Hall–Kier alpha value is -2.20. The fourth-order valence-electron chi connectivity index (χ4n) is 3.22. The molecule has 0 saturated carbocycles. The predicted octanol–water partition coefficient (Wildman–Crippen LogP) is 4.62. The molecule has 0 radical (unpaired) electrons. The Bertz CT molecular complexity index is 783. The van der Waals surface area contributed by atoms with Crippen molar-refractivity contribution in [1.82, 2.24) is 4.90 Å². The Morgan fingerprint density at radius 3 is 2.36 bits per heavy atom. The van der Waals surface area contributed by atoms with Crippen LogP contribution in [0.1, 0.15) is 16.7 Å². The molecule has 0 spiro atoms. The number of benzene rings is 2. The summed E-state index contributed by atoms with van der Waals surface area (Å²) in [4.78, 5) is 16.7. The molecule has 25 heavy (non-hydrogen) atoms. The van der Waals surface area contributed by atoms with E-state index in [1.165, 1.54) is 11.1 Å².